The van der Waals surface area contributed by atoms with Gasteiger partial charge in [-0.3, -0.25) is 4.79 Å². The number of thiophene rings is 1. The number of hydrogen-bond donors (Lipinski definition) is 0. The van der Waals surface area contributed by atoms with Crippen LogP contribution in [0.15, 0.2) is 23.7 Å². The van der Waals surface area contributed by atoms with Gasteiger partial charge in [0, 0.05) is 31.0 Å². The summed E-state index contributed by atoms with van der Waals surface area (Å²) in [5.74, 6) is 0.553. The molecule has 23 heavy (non-hydrogen) atoms. The quantitative estimate of drug-likeness (QED) is 0.848. The Morgan fingerprint density at radius 3 is 3.04 bits per heavy atom. The van der Waals surface area contributed by atoms with Gasteiger partial charge >= 0.3 is 0 Å². The molecule has 0 radical (unpaired) electrons. The summed E-state index contributed by atoms with van der Waals surface area (Å²) >= 11 is 3.13. The highest BCUT2D eigenvalue weighted by molar-refractivity contribution is 7.21. The van der Waals surface area contributed by atoms with Gasteiger partial charge in [-0.2, -0.15) is 0 Å². The maximum atomic E-state index is 12.9. The number of carbonyl (C=O) groups is 1. The van der Waals surface area contributed by atoms with Crippen LogP contribution in [0.2, 0.25) is 0 Å². The van der Waals surface area contributed by atoms with Crippen LogP contribution in [0, 0.1) is 11.3 Å². The van der Waals surface area contributed by atoms with E-state index in [1.165, 1.54) is 11.3 Å². The SMILES string of the molecule is CN(C(=O)c1cnc(-c2cccs2)s1)C1C2CCOC2C1(C)C. The van der Waals surface area contributed by atoms with Gasteiger partial charge in [-0.1, -0.05) is 19.9 Å². The standard InChI is InChI=1S/C17H20N2O2S2/c1-17(2)13(10-6-7-21-14(10)17)19(3)16(20)12-9-18-15(23-12)11-5-4-8-22-11/h4-5,8-10,13-14H,6-7H2,1-3H3. The van der Waals surface area contributed by atoms with Crippen molar-refractivity contribution in [3.8, 4) is 9.88 Å². The van der Waals surface area contributed by atoms with Crippen molar-refractivity contribution < 1.29 is 9.53 Å². The highest BCUT2D eigenvalue weighted by Crippen LogP contribution is 2.54. The average molecular weight is 348 g/mol. The van der Waals surface area contributed by atoms with E-state index in [-0.39, 0.29) is 17.4 Å². The zero-order valence-electron chi connectivity index (χ0n) is 13.5. The minimum absolute atomic E-state index is 0.0207. The summed E-state index contributed by atoms with van der Waals surface area (Å²) < 4.78 is 5.84. The van der Waals surface area contributed by atoms with Gasteiger partial charge in [-0.05, 0) is 17.9 Å². The average Bonchev–Trinajstić information content (AvgIpc) is 3.25. The van der Waals surface area contributed by atoms with Crippen LogP contribution >= 0.6 is 22.7 Å². The smallest absolute Gasteiger partial charge is 0.265 e. The van der Waals surface area contributed by atoms with Gasteiger partial charge in [-0.25, -0.2) is 4.98 Å². The van der Waals surface area contributed by atoms with Crippen LogP contribution in [0.25, 0.3) is 9.88 Å². The minimum atomic E-state index is 0.0207. The monoisotopic (exact) mass is 348 g/mol. The van der Waals surface area contributed by atoms with Crippen LogP contribution in [0.4, 0.5) is 0 Å². The first kappa shape index (κ1) is 15.3. The zero-order valence-corrected chi connectivity index (χ0v) is 15.1. The normalized spacial score (nSPS) is 28.2. The number of fused-ring (bicyclic) bond motifs is 1. The third-order valence-electron chi connectivity index (χ3n) is 5.22. The Balaban J connectivity index is 1.55. The summed E-state index contributed by atoms with van der Waals surface area (Å²) in [6.07, 6.45) is 3.07. The van der Waals surface area contributed by atoms with Crippen molar-refractivity contribution in [3.63, 3.8) is 0 Å². The molecule has 1 amide bonds. The maximum Gasteiger partial charge on any atom is 0.265 e. The Hall–Kier alpha value is -1.24. The van der Waals surface area contributed by atoms with Crippen molar-refractivity contribution >= 4 is 28.6 Å². The molecule has 0 bridgehead atoms. The molecule has 2 aliphatic rings. The molecule has 1 aliphatic carbocycles. The molecule has 0 aromatic carbocycles. The fourth-order valence-electron chi connectivity index (χ4n) is 4.27. The predicted octanol–water partition coefficient (Wildman–Crippen LogP) is 3.76. The Morgan fingerprint density at radius 2 is 2.30 bits per heavy atom. The number of amides is 1. The number of nitrogens with zero attached hydrogens (tertiary/aromatic N) is 2. The molecule has 0 spiro atoms. The highest BCUT2D eigenvalue weighted by atomic mass is 32.1. The number of hydrogen-bond acceptors (Lipinski definition) is 5. The first-order valence-electron chi connectivity index (χ1n) is 7.88. The van der Waals surface area contributed by atoms with Crippen molar-refractivity contribution in [1.29, 1.82) is 0 Å². The van der Waals surface area contributed by atoms with Gasteiger partial charge in [0.1, 0.15) is 9.88 Å². The predicted molar refractivity (Wildman–Crippen MR) is 92.9 cm³/mol. The van der Waals surface area contributed by atoms with Gasteiger partial charge < -0.3 is 9.64 Å². The topological polar surface area (TPSA) is 42.4 Å². The van der Waals surface area contributed by atoms with Crippen molar-refractivity contribution in [2.24, 2.45) is 11.3 Å². The molecule has 3 unspecified atom stereocenters. The van der Waals surface area contributed by atoms with Crippen molar-refractivity contribution in [2.45, 2.75) is 32.4 Å². The van der Waals surface area contributed by atoms with E-state index in [0.29, 0.717) is 16.9 Å². The van der Waals surface area contributed by atoms with E-state index in [0.717, 1.165) is 22.9 Å². The summed E-state index contributed by atoms with van der Waals surface area (Å²) in [5.41, 5.74) is 0.0207. The molecular weight excluding hydrogens is 328 g/mol. The fourth-order valence-corrected chi connectivity index (χ4v) is 5.97. The molecular formula is C17H20N2O2S2. The van der Waals surface area contributed by atoms with E-state index < -0.39 is 0 Å². The second kappa shape index (κ2) is 5.40. The Morgan fingerprint density at radius 1 is 1.48 bits per heavy atom. The lowest BCUT2D eigenvalue weighted by Gasteiger charge is -2.57. The second-order valence-electron chi connectivity index (χ2n) is 6.93. The second-order valence-corrected chi connectivity index (χ2v) is 8.91. The lowest BCUT2D eigenvalue weighted by atomic mass is 9.57. The van der Waals surface area contributed by atoms with Crippen molar-refractivity contribution in [1.82, 2.24) is 9.88 Å². The van der Waals surface area contributed by atoms with Crippen LogP contribution in [-0.4, -0.2) is 41.6 Å². The van der Waals surface area contributed by atoms with E-state index in [1.54, 1.807) is 17.5 Å². The molecule has 3 atom stereocenters. The van der Waals surface area contributed by atoms with Gasteiger partial charge in [0.25, 0.3) is 5.91 Å². The van der Waals surface area contributed by atoms with E-state index >= 15 is 0 Å². The summed E-state index contributed by atoms with van der Waals surface area (Å²) in [6.45, 7) is 5.23. The Labute approximate surface area is 144 Å². The summed E-state index contributed by atoms with van der Waals surface area (Å²) in [6, 6.07) is 4.29. The Kier molecular flexibility index (Phi) is 3.59. The third-order valence-corrected chi connectivity index (χ3v) is 7.25. The summed E-state index contributed by atoms with van der Waals surface area (Å²) in [4.78, 5) is 21.1. The zero-order chi connectivity index (χ0) is 16.2. The molecule has 2 aromatic heterocycles. The molecule has 122 valence electrons. The summed E-state index contributed by atoms with van der Waals surface area (Å²) in [5, 5.41) is 2.95. The van der Waals surface area contributed by atoms with E-state index in [1.807, 2.05) is 29.5 Å². The first-order chi connectivity index (χ1) is 11.0. The molecule has 1 saturated carbocycles. The van der Waals surface area contributed by atoms with Crippen molar-refractivity contribution in [3.05, 3.63) is 28.6 Å². The molecule has 2 fully saturated rings. The van der Waals surface area contributed by atoms with E-state index in [2.05, 4.69) is 18.8 Å². The van der Waals surface area contributed by atoms with Gasteiger partial charge in [0.15, 0.2) is 0 Å². The van der Waals surface area contributed by atoms with Gasteiger partial charge in [-0.15, -0.1) is 22.7 Å². The lowest BCUT2D eigenvalue weighted by Crippen LogP contribution is -2.66. The molecule has 6 heteroatoms. The molecule has 0 N–H and O–H groups in total. The van der Waals surface area contributed by atoms with Crippen LogP contribution < -0.4 is 0 Å². The number of rotatable bonds is 3. The summed E-state index contributed by atoms with van der Waals surface area (Å²) in [7, 11) is 1.92. The van der Waals surface area contributed by atoms with E-state index in [4.69, 9.17) is 4.74 Å². The van der Waals surface area contributed by atoms with Crippen LogP contribution in [0.1, 0.15) is 29.9 Å². The molecule has 1 saturated heterocycles. The van der Waals surface area contributed by atoms with Crippen molar-refractivity contribution in [2.75, 3.05) is 13.7 Å². The number of carbonyl (C=O) groups excluding carboxylic acids is 1. The van der Waals surface area contributed by atoms with Crippen LogP contribution in [0.5, 0.6) is 0 Å². The fraction of sp³-hybridized carbons (Fsp3) is 0.529. The number of ether oxygens (including phenoxy) is 1. The highest BCUT2D eigenvalue weighted by Gasteiger charge is 2.61. The molecule has 2 aromatic rings. The van der Waals surface area contributed by atoms with Gasteiger partial charge in [0.2, 0.25) is 0 Å². The number of aromatic nitrogens is 1. The minimum Gasteiger partial charge on any atom is -0.377 e. The van der Waals surface area contributed by atoms with Crippen LogP contribution in [0.3, 0.4) is 0 Å². The maximum absolute atomic E-state index is 12.9. The van der Waals surface area contributed by atoms with Crippen LogP contribution in [-0.2, 0) is 4.74 Å². The van der Waals surface area contributed by atoms with Gasteiger partial charge in [0.05, 0.1) is 17.2 Å². The third kappa shape index (κ3) is 2.27. The molecule has 4 nitrogen and oxygen atoms in total. The number of thiazole rings is 1. The Bertz CT molecular complexity index is 723. The largest absolute Gasteiger partial charge is 0.377 e. The lowest BCUT2D eigenvalue weighted by molar-refractivity contribution is -0.139. The molecule has 4 rings (SSSR count). The first-order valence-corrected chi connectivity index (χ1v) is 9.58. The molecule has 1 aliphatic heterocycles. The molecule has 3 heterocycles. The van der Waals surface area contributed by atoms with E-state index in [9.17, 15) is 4.79 Å².